The van der Waals surface area contributed by atoms with Gasteiger partial charge in [-0.1, -0.05) is 29.8 Å². The molecule has 1 saturated heterocycles. The fourth-order valence-electron chi connectivity index (χ4n) is 2.51. The molecule has 0 aromatic rings. The maximum absolute atomic E-state index is 12.0. The minimum atomic E-state index is -4.12. The van der Waals surface area contributed by atoms with Gasteiger partial charge in [-0.05, 0) is 19.8 Å². The molecule has 6 atom stereocenters. The third-order valence-corrected chi connectivity index (χ3v) is 7.08. The van der Waals surface area contributed by atoms with Crippen LogP contribution in [0.25, 0.3) is 0 Å². The first kappa shape index (κ1) is 19.6. The van der Waals surface area contributed by atoms with Gasteiger partial charge in [0.15, 0.2) is 5.85 Å². The Bertz CT molecular complexity index is 392. The Labute approximate surface area is 135 Å². The lowest BCUT2D eigenvalue weighted by Crippen LogP contribution is -2.39. The van der Waals surface area contributed by atoms with Gasteiger partial charge in [0, 0.05) is 12.4 Å². The average Bonchev–Trinajstić information content (AvgIpc) is 2.65. The van der Waals surface area contributed by atoms with Crippen LogP contribution < -0.4 is 0 Å². The Balaban J connectivity index is 2.89. The molecule has 21 heavy (non-hydrogen) atoms. The quantitative estimate of drug-likeness (QED) is 0.342. The molecular formula is C12H25BBrO6P. The van der Waals surface area contributed by atoms with E-state index in [1.54, 1.807) is 0 Å². The summed E-state index contributed by atoms with van der Waals surface area (Å²) in [6.07, 6.45) is 0.0813. The minimum Gasteiger partial charge on any atom is -0.389 e. The molecule has 0 aromatic carbocycles. The topological polar surface area (TPSA) is 96.2 Å². The van der Waals surface area contributed by atoms with Gasteiger partial charge in [-0.3, -0.25) is 4.57 Å². The van der Waals surface area contributed by atoms with Crippen LogP contribution in [0.2, 0.25) is 0 Å². The Hall–Kier alpha value is 0.575. The number of hydrogen-bond acceptors (Lipinski definition) is 5. The molecule has 6 nitrogen and oxygen atoms in total. The van der Waals surface area contributed by atoms with Gasteiger partial charge >= 0.3 is 7.60 Å². The van der Waals surface area contributed by atoms with Gasteiger partial charge < -0.3 is 24.4 Å². The normalized spacial score (nSPS) is 34.6. The van der Waals surface area contributed by atoms with Crippen molar-refractivity contribution >= 4 is 31.4 Å². The predicted octanol–water partition coefficient (Wildman–Crippen LogP) is 0.958. The Morgan fingerprint density at radius 2 is 2.00 bits per heavy atom. The van der Waals surface area contributed by atoms with Gasteiger partial charge in [0.2, 0.25) is 0 Å². The van der Waals surface area contributed by atoms with E-state index < -0.39 is 31.2 Å². The highest BCUT2D eigenvalue weighted by molar-refractivity contribution is 9.09. The van der Waals surface area contributed by atoms with Crippen molar-refractivity contribution in [3.8, 4) is 0 Å². The Kier molecular flexibility index (Phi) is 6.94. The summed E-state index contributed by atoms with van der Waals surface area (Å²) in [6, 6.07) is -0.144. The summed E-state index contributed by atoms with van der Waals surface area (Å²) in [4.78, 5) is 9.63. The lowest BCUT2D eigenvalue weighted by atomic mass is 9.88. The second kappa shape index (κ2) is 7.43. The van der Waals surface area contributed by atoms with Gasteiger partial charge in [0.05, 0.1) is 22.6 Å². The molecule has 0 saturated carbocycles. The van der Waals surface area contributed by atoms with Crippen LogP contribution >= 0.6 is 23.5 Å². The van der Waals surface area contributed by atoms with Crippen LogP contribution in [-0.2, 0) is 13.8 Å². The highest BCUT2D eigenvalue weighted by Crippen LogP contribution is 2.52. The standard InChI is InChI=1S/C12H25BBrO6P/c1-4-12(5-2,20-21(17,18)7(3)15)6-8-10(16)9(14)11(13)19-8/h7-11,15-16H,4-6,13H2,1-3H3,(H,17,18)/t7?,8-,9-,10-,11-/m1/s1. The molecule has 2 unspecified atom stereocenters. The summed E-state index contributed by atoms with van der Waals surface area (Å²) in [5, 5.41) is 19.6. The summed E-state index contributed by atoms with van der Waals surface area (Å²) < 4.78 is 23.1. The van der Waals surface area contributed by atoms with E-state index in [1.807, 2.05) is 21.7 Å². The predicted molar refractivity (Wildman–Crippen MR) is 86.4 cm³/mol. The highest BCUT2D eigenvalue weighted by Gasteiger charge is 2.46. The van der Waals surface area contributed by atoms with Gasteiger partial charge in [-0.25, -0.2) is 0 Å². The molecule has 0 aromatic heterocycles. The third kappa shape index (κ3) is 4.53. The fourth-order valence-corrected chi connectivity index (χ4v) is 4.01. The number of aliphatic hydroxyl groups excluding tert-OH is 2. The molecule has 0 bridgehead atoms. The number of rotatable bonds is 7. The fraction of sp³-hybridized carbons (Fsp3) is 1.00. The first-order valence-corrected chi connectivity index (χ1v) is 9.83. The molecule has 1 fully saturated rings. The lowest BCUT2D eigenvalue weighted by molar-refractivity contribution is -0.0472. The number of alkyl halides is 1. The molecule has 0 radical (unpaired) electrons. The van der Waals surface area contributed by atoms with Gasteiger partial charge in [0.1, 0.15) is 7.85 Å². The zero-order chi connectivity index (χ0) is 16.4. The van der Waals surface area contributed by atoms with Crippen molar-refractivity contribution in [2.24, 2.45) is 0 Å². The molecule has 1 heterocycles. The zero-order valence-corrected chi connectivity index (χ0v) is 15.4. The van der Waals surface area contributed by atoms with Gasteiger partial charge in [-0.2, -0.15) is 0 Å². The summed E-state index contributed by atoms with van der Waals surface area (Å²) in [7, 11) is -2.26. The molecule has 0 aliphatic carbocycles. The Morgan fingerprint density at radius 3 is 2.33 bits per heavy atom. The van der Waals surface area contributed by atoms with E-state index in [0.29, 0.717) is 19.3 Å². The molecule has 1 aliphatic heterocycles. The molecule has 0 spiro atoms. The van der Waals surface area contributed by atoms with E-state index in [4.69, 9.17) is 9.26 Å². The first-order valence-electron chi connectivity index (χ1n) is 7.27. The van der Waals surface area contributed by atoms with Gasteiger partial charge in [0.25, 0.3) is 0 Å². The number of aliphatic hydroxyl groups is 2. The van der Waals surface area contributed by atoms with E-state index in [9.17, 15) is 19.7 Å². The van der Waals surface area contributed by atoms with Crippen LogP contribution in [0.3, 0.4) is 0 Å². The number of hydrogen-bond donors (Lipinski definition) is 3. The second-order valence-electron chi connectivity index (χ2n) is 5.70. The first-order chi connectivity index (χ1) is 9.58. The highest BCUT2D eigenvalue weighted by atomic mass is 79.9. The van der Waals surface area contributed by atoms with E-state index >= 15 is 0 Å². The van der Waals surface area contributed by atoms with Crippen molar-refractivity contribution in [1.29, 1.82) is 0 Å². The summed E-state index contributed by atoms with van der Waals surface area (Å²) >= 11 is 3.39. The van der Waals surface area contributed by atoms with Crippen molar-refractivity contribution in [2.75, 3.05) is 0 Å². The summed E-state index contributed by atoms with van der Waals surface area (Å²) in [5.74, 6) is -1.45. The zero-order valence-electron chi connectivity index (χ0n) is 12.9. The lowest BCUT2D eigenvalue weighted by Gasteiger charge is -2.36. The van der Waals surface area contributed by atoms with Crippen LogP contribution in [0.15, 0.2) is 0 Å². The maximum Gasteiger partial charge on any atom is 0.356 e. The number of ether oxygens (including phenoxy) is 1. The van der Waals surface area contributed by atoms with Crippen LogP contribution in [0.4, 0.5) is 0 Å². The van der Waals surface area contributed by atoms with E-state index in [-0.39, 0.29) is 10.8 Å². The van der Waals surface area contributed by atoms with Crippen molar-refractivity contribution in [2.45, 2.75) is 74.5 Å². The Morgan fingerprint density at radius 1 is 1.48 bits per heavy atom. The van der Waals surface area contributed by atoms with E-state index in [0.717, 1.165) is 0 Å². The molecule has 124 valence electrons. The average molecular weight is 387 g/mol. The molecule has 9 heteroatoms. The van der Waals surface area contributed by atoms with Crippen LogP contribution in [-0.4, -0.2) is 57.4 Å². The molecule has 3 N–H and O–H groups in total. The van der Waals surface area contributed by atoms with E-state index in [2.05, 4.69) is 15.9 Å². The molecule has 1 rings (SSSR count). The number of halogens is 1. The maximum atomic E-state index is 12.0. The molecular weight excluding hydrogens is 362 g/mol. The minimum absolute atomic E-state index is 0.144. The van der Waals surface area contributed by atoms with Crippen LogP contribution in [0.1, 0.15) is 40.0 Å². The monoisotopic (exact) mass is 386 g/mol. The van der Waals surface area contributed by atoms with E-state index in [1.165, 1.54) is 6.92 Å². The smallest absolute Gasteiger partial charge is 0.356 e. The van der Waals surface area contributed by atoms with Crippen LogP contribution in [0, 0.1) is 0 Å². The summed E-state index contributed by atoms with van der Waals surface area (Å²) in [5.41, 5.74) is -0.913. The van der Waals surface area contributed by atoms with Crippen molar-refractivity contribution in [1.82, 2.24) is 0 Å². The summed E-state index contributed by atoms with van der Waals surface area (Å²) in [6.45, 7) is 4.93. The van der Waals surface area contributed by atoms with Crippen molar-refractivity contribution in [3.05, 3.63) is 0 Å². The third-order valence-electron chi connectivity index (χ3n) is 4.20. The second-order valence-corrected chi connectivity index (χ2v) is 8.81. The van der Waals surface area contributed by atoms with Crippen LogP contribution in [0.5, 0.6) is 0 Å². The van der Waals surface area contributed by atoms with Gasteiger partial charge in [-0.15, -0.1) is 0 Å². The molecule has 0 amide bonds. The van der Waals surface area contributed by atoms with Crippen molar-refractivity contribution < 1.29 is 28.9 Å². The largest absolute Gasteiger partial charge is 0.389 e. The molecule has 1 aliphatic rings. The SMILES string of the molecule is B[C@@H]1O[C@H](CC(CC)(CC)OP(=O)(O)C(C)O)[C@@H](O)[C@H]1Br. The van der Waals surface area contributed by atoms with Crippen molar-refractivity contribution in [3.63, 3.8) is 0 Å².